The molecule has 2 aromatic heterocycles. The van der Waals surface area contributed by atoms with Gasteiger partial charge in [0.1, 0.15) is 11.5 Å². The van der Waals surface area contributed by atoms with Crippen LogP contribution >= 0.6 is 15.9 Å². The van der Waals surface area contributed by atoms with Crippen molar-refractivity contribution in [2.45, 2.75) is 20.5 Å². The highest BCUT2D eigenvalue weighted by atomic mass is 79.9. The zero-order chi connectivity index (χ0) is 17.8. The van der Waals surface area contributed by atoms with E-state index in [4.69, 9.17) is 13.6 Å². The number of carbonyl (C=O) groups excluding carboxylic acids is 1. The molecule has 0 saturated carbocycles. The van der Waals surface area contributed by atoms with Crippen molar-refractivity contribution in [2.75, 3.05) is 0 Å². The number of hydrogen-bond acceptors (Lipinski definition) is 6. The summed E-state index contributed by atoms with van der Waals surface area (Å²) in [5.41, 5.74) is 1.62. The van der Waals surface area contributed by atoms with Gasteiger partial charge in [0.15, 0.2) is 6.61 Å². The Morgan fingerprint density at radius 2 is 2.08 bits per heavy atom. The van der Waals surface area contributed by atoms with Crippen LogP contribution in [-0.2, 0) is 16.1 Å². The molecule has 0 N–H and O–H groups in total. The predicted octanol–water partition coefficient (Wildman–Crippen LogP) is 4.47. The van der Waals surface area contributed by atoms with Crippen molar-refractivity contribution < 1.29 is 18.4 Å². The van der Waals surface area contributed by atoms with E-state index in [0.717, 1.165) is 21.4 Å². The molecule has 1 aromatic carbocycles. The number of ether oxygens (including phenoxy) is 1. The average Bonchev–Trinajstić information content (AvgIpc) is 3.17. The monoisotopic (exact) mass is 402 g/mol. The maximum absolute atomic E-state index is 11.8. The van der Waals surface area contributed by atoms with Crippen molar-refractivity contribution in [3.8, 4) is 11.5 Å². The fourth-order valence-electron chi connectivity index (χ4n) is 2.22. The Morgan fingerprint density at radius 1 is 1.24 bits per heavy atom. The number of halogens is 1. The lowest BCUT2D eigenvalue weighted by atomic mass is 10.2. The van der Waals surface area contributed by atoms with Crippen LogP contribution in [0.1, 0.15) is 23.0 Å². The lowest BCUT2D eigenvalue weighted by Gasteiger charge is -1.97. The van der Waals surface area contributed by atoms with E-state index in [0.29, 0.717) is 11.7 Å². The Morgan fingerprint density at radius 3 is 2.80 bits per heavy atom. The molecule has 0 spiro atoms. The van der Waals surface area contributed by atoms with E-state index in [2.05, 4.69) is 26.1 Å². The molecule has 0 saturated heterocycles. The fourth-order valence-corrected chi connectivity index (χ4v) is 2.64. The smallest absolute Gasteiger partial charge is 0.331 e. The van der Waals surface area contributed by atoms with Gasteiger partial charge in [-0.05, 0) is 43.7 Å². The highest BCUT2D eigenvalue weighted by Gasteiger charge is 2.15. The molecule has 3 rings (SSSR count). The summed E-state index contributed by atoms with van der Waals surface area (Å²) in [6.07, 6.45) is 3.02. The second kappa shape index (κ2) is 7.48. The van der Waals surface area contributed by atoms with Crippen molar-refractivity contribution in [3.05, 3.63) is 63.9 Å². The number of furan rings is 1. The predicted molar refractivity (Wildman–Crippen MR) is 94.4 cm³/mol. The van der Waals surface area contributed by atoms with Crippen LogP contribution in [0.15, 0.2) is 49.7 Å². The highest BCUT2D eigenvalue weighted by molar-refractivity contribution is 9.10. The first-order valence-electron chi connectivity index (χ1n) is 7.51. The molecule has 0 fully saturated rings. The van der Waals surface area contributed by atoms with Crippen molar-refractivity contribution in [1.82, 2.24) is 10.2 Å². The molecule has 25 heavy (non-hydrogen) atoms. The van der Waals surface area contributed by atoms with E-state index >= 15 is 0 Å². The SMILES string of the molecule is Cc1cc(-c2nnc(COC(=O)/C=C/c3cccc(Br)c3)o2)c(C)o1. The van der Waals surface area contributed by atoms with Crippen LogP contribution in [0.2, 0.25) is 0 Å². The molecule has 128 valence electrons. The van der Waals surface area contributed by atoms with E-state index in [1.54, 1.807) is 6.08 Å². The minimum Gasteiger partial charge on any atom is -0.466 e. The third-order valence-corrected chi connectivity index (χ3v) is 3.83. The first-order valence-corrected chi connectivity index (χ1v) is 8.31. The molecular weight excluding hydrogens is 388 g/mol. The number of hydrogen-bond donors (Lipinski definition) is 0. The number of aryl methyl sites for hydroxylation is 2. The van der Waals surface area contributed by atoms with Crippen LogP contribution < -0.4 is 0 Å². The van der Waals surface area contributed by atoms with Crippen LogP contribution in [0.5, 0.6) is 0 Å². The van der Waals surface area contributed by atoms with Gasteiger partial charge in [0.05, 0.1) is 5.56 Å². The first kappa shape index (κ1) is 17.2. The van der Waals surface area contributed by atoms with E-state index in [1.807, 2.05) is 44.2 Å². The largest absolute Gasteiger partial charge is 0.466 e. The van der Waals surface area contributed by atoms with Gasteiger partial charge in [-0.3, -0.25) is 0 Å². The maximum atomic E-state index is 11.8. The van der Waals surface area contributed by atoms with Gasteiger partial charge in [0.2, 0.25) is 0 Å². The minimum absolute atomic E-state index is 0.0927. The Balaban J connectivity index is 1.58. The van der Waals surface area contributed by atoms with Gasteiger partial charge in [0.25, 0.3) is 11.8 Å². The Kier molecular flexibility index (Phi) is 5.14. The van der Waals surface area contributed by atoms with Crippen molar-refractivity contribution in [3.63, 3.8) is 0 Å². The highest BCUT2D eigenvalue weighted by Crippen LogP contribution is 2.25. The second-order valence-electron chi connectivity index (χ2n) is 5.32. The third kappa shape index (κ3) is 4.45. The van der Waals surface area contributed by atoms with E-state index in [9.17, 15) is 4.79 Å². The summed E-state index contributed by atoms with van der Waals surface area (Å²) in [6, 6.07) is 9.39. The zero-order valence-electron chi connectivity index (χ0n) is 13.7. The summed E-state index contributed by atoms with van der Waals surface area (Å²) in [6.45, 7) is 3.57. The van der Waals surface area contributed by atoms with E-state index in [1.165, 1.54) is 6.08 Å². The quantitative estimate of drug-likeness (QED) is 0.462. The van der Waals surface area contributed by atoms with Gasteiger partial charge in [-0.1, -0.05) is 28.1 Å². The number of aromatic nitrogens is 2. The Bertz CT molecular complexity index is 927. The number of benzene rings is 1. The van der Waals surface area contributed by atoms with Crippen LogP contribution in [0.4, 0.5) is 0 Å². The summed E-state index contributed by atoms with van der Waals surface area (Å²) in [5, 5.41) is 7.83. The van der Waals surface area contributed by atoms with Crippen LogP contribution in [0.25, 0.3) is 17.5 Å². The number of rotatable bonds is 5. The van der Waals surface area contributed by atoms with Crippen LogP contribution in [-0.4, -0.2) is 16.2 Å². The first-order chi connectivity index (χ1) is 12.0. The van der Waals surface area contributed by atoms with Gasteiger partial charge in [-0.2, -0.15) is 0 Å². The van der Waals surface area contributed by atoms with Gasteiger partial charge in [-0.25, -0.2) is 4.79 Å². The second-order valence-corrected chi connectivity index (χ2v) is 6.24. The van der Waals surface area contributed by atoms with Gasteiger partial charge >= 0.3 is 5.97 Å². The van der Waals surface area contributed by atoms with Gasteiger partial charge in [-0.15, -0.1) is 10.2 Å². The van der Waals surface area contributed by atoms with Gasteiger partial charge in [0, 0.05) is 10.5 Å². The fraction of sp³-hybridized carbons (Fsp3) is 0.167. The van der Waals surface area contributed by atoms with Gasteiger partial charge < -0.3 is 13.6 Å². The molecule has 0 amide bonds. The zero-order valence-corrected chi connectivity index (χ0v) is 15.2. The molecule has 0 aliphatic carbocycles. The molecule has 0 atom stereocenters. The molecule has 0 unspecified atom stereocenters. The Hall–Kier alpha value is -2.67. The minimum atomic E-state index is -0.491. The molecule has 0 bridgehead atoms. The van der Waals surface area contributed by atoms with Crippen molar-refractivity contribution in [1.29, 1.82) is 0 Å². The normalized spacial score (nSPS) is 11.2. The summed E-state index contributed by atoms with van der Waals surface area (Å²) >= 11 is 3.37. The van der Waals surface area contributed by atoms with Crippen molar-refractivity contribution >= 4 is 28.0 Å². The molecule has 3 aromatic rings. The number of carbonyl (C=O) groups is 1. The van der Waals surface area contributed by atoms with Crippen LogP contribution in [0, 0.1) is 13.8 Å². The Labute approximate surface area is 152 Å². The van der Waals surface area contributed by atoms with Crippen molar-refractivity contribution in [2.24, 2.45) is 0 Å². The third-order valence-electron chi connectivity index (χ3n) is 3.34. The molecule has 7 heteroatoms. The molecule has 6 nitrogen and oxygen atoms in total. The standard InChI is InChI=1S/C18H15BrN2O4/c1-11-8-15(12(2)24-11)18-21-20-16(25-18)10-23-17(22)7-6-13-4-3-5-14(19)9-13/h3-9H,10H2,1-2H3/b7-6+. The molecular formula is C18H15BrN2O4. The van der Waals surface area contributed by atoms with E-state index < -0.39 is 5.97 Å². The topological polar surface area (TPSA) is 78.4 Å². The average molecular weight is 403 g/mol. The van der Waals surface area contributed by atoms with E-state index in [-0.39, 0.29) is 12.5 Å². The summed E-state index contributed by atoms with van der Waals surface area (Å²) < 4.78 is 17.0. The lowest BCUT2D eigenvalue weighted by Crippen LogP contribution is -2.00. The molecule has 0 radical (unpaired) electrons. The number of esters is 1. The molecule has 2 heterocycles. The number of nitrogens with zero attached hydrogens (tertiary/aromatic N) is 2. The summed E-state index contributed by atoms with van der Waals surface area (Å²) in [5.74, 6) is 1.52. The summed E-state index contributed by atoms with van der Waals surface area (Å²) in [4.78, 5) is 11.8. The molecule has 0 aliphatic heterocycles. The van der Waals surface area contributed by atoms with Crippen LogP contribution in [0.3, 0.4) is 0 Å². The maximum Gasteiger partial charge on any atom is 0.331 e. The molecule has 0 aliphatic rings. The lowest BCUT2D eigenvalue weighted by molar-refractivity contribution is -0.139. The summed E-state index contributed by atoms with van der Waals surface area (Å²) in [7, 11) is 0.